The highest BCUT2D eigenvalue weighted by Crippen LogP contribution is 2.37. The van der Waals surface area contributed by atoms with Crippen molar-refractivity contribution in [2.45, 2.75) is 37.0 Å². The third-order valence-electron chi connectivity index (χ3n) is 7.00. The summed E-state index contributed by atoms with van der Waals surface area (Å²) in [5, 5.41) is 11.7. The maximum absolute atomic E-state index is 10.4. The van der Waals surface area contributed by atoms with E-state index in [-0.39, 0.29) is 0 Å². The van der Waals surface area contributed by atoms with Crippen LogP contribution in [0.25, 0.3) is 10.2 Å². The molecule has 1 aliphatic heterocycles. The number of hydrogen-bond donors (Lipinski definition) is 0. The van der Waals surface area contributed by atoms with Crippen LogP contribution in [0.2, 0.25) is 0 Å². The van der Waals surface area contributed by atoms with E-state index in [0.717, 1.165) is 49.1 Å². The number of aromatic nitrogens is 1. The summed E-state index contributed by atoms with van der Waals surface area (Å²) in [6.07, 6.45) is 4.17. The predicted octanol–water partition coefficient (Wildman–Crippen LogP) is 6.77. The molecule has 3 aromatic carbocycles. The monoisotopic (exact) mass is 451 g/mol. The van der Waals surface area contributed by atoms with Crippen molar-refractivity contribution in [2.75, 3.05) is 19.6 Å². The number of piperidine rings is 1. The number of para-hydroxylation sites is 1. The predicted molar refractivity (Wildman–Crippen MR) is 137 cm³/mol. The third kappa shape index (κ3) is 4.57. The van der Waals surface area contributed by atoms with Gasteiger partial charge in [-0.15, -0.1) is 11.3 Å². The zero-order valence-corrected chi connectivity index (χ0v) is 19.7. The molecule has 0 aliphatic carbocycles. The highest BCUT2D eigenvalue weighted by molar-refractivity contribution is 7.18. The fraction of sp³-hybridized carbons (Fsp3) is 0.310. The van der Waals surface area contributed by atoms with Gasteiger partial charge in [0.1, 0.15) is 5.41 Å². The van der Waals surface area contributed by atoms with Gasteiger partial charge in [-0.2, -0.15) is 5.26 Å². The molecule has 4 aromatic rings. The van der Waals surface area contributed by atoms with Gasteiger partial charge in [-0.3, -0.25) is 0 Å². The van der Waals surface area contributed by atoms with E-state index >= 15 is 0 Å². The van der Waals surface area contributed by atoms with Crippen molar-refractivity contribution in [3.05, 3.63) is 101 Å². The average molecular weight is 452 g/mol. The van der Waals surface area contributed by atoms with Crippen LogP contribution in [0, 0.1) is 11.3 Å². The van der Waals surface area contributed by atoms with Gasteiger partial charge in [-0.1, -0.05) is 72.8 Å². The van der Waals surface area contributed by atoms with Gasteiger partial charge in [0.15, 0.2) is 0 Å². The summed E-state index contributed by atoms with van der Waals surface area (Å²) in [6.45, 7) is 3.25. The summed E-state index contributed by atoms with van der Waals surface area (Å²) < 4.78 is 1.30. The SMILES string of the molecule is N#CC(CCCN1CCC(c2nc3ccccc3s2)CC1)(c1ccccc1)c1ccccc1. The maximum Gasteiger partial charge on any atom is 0.107 e. The molecule has 0 saturated carbocycles. The summed E-state index contributed by atoms with van der Waals surface area (Å²) in [5.41, 5.74) is 2.72. The summed E-state index contributed by atoms with van der Waals surface area (Å²) in [7, 11) is 0. The smallest absolute Gasteiger partial charge is 0.107 e. The van der Waals surface area contributed by atoms with Crippen LogP contribution in [0.15, 0.2) is 84.9 Å². The number of likely N-dealkylation sites (tertiary alicyclic amines) is 1. The standard InChI is InChI=1S/C29H29N3S/c30-22-29(24-10-3-1-4-11-24,25-12-5-2-6-13-25)18-9-19-32-20-16-23(17-21-32)28-31-26-14-7-8-15-27(26)33-28/h1-8,10-15,23H,9,16-21H2. The van der Waals surface area contributed by atoms with Crippen molar-refractivity contribution in [3.63, 3.8) is 0 Å². The minimum absolute atomic E-state index is 0.575. The molecule has 0 radical (unpaired) electrons. The molecule has 1 fully saturated rings. The molecule has 1 saturated heterocycles. The summed E-state index contributed by atoms with van der Waals surface area (Å²) >= 11 is 1.86. The number of thiazole rings is 1. The van der Waals surface area contributed by atoms with Crippen LogP contribution in [-0.2, 0) is 5.41 Å². The van der Waals surface area contributed by atoms with Gasteiger partial charge in [-0.05, 0) is 68.6 Å². The average Bonchev–Trinajstić information content (AvgIpc) is 3.33. The van der Waals surface area contributed by atoms with E-state index in [1.807, 2.05) is 47.7 Å². The number of nitriles is 1. The Hall–Kier alpha value is -3.00. The molecule has 0 bridgehead atoms. The van der Waals surface area contributed by atoms with Crippen molar-refractivity contribution >= 4 is 21.6 Å². The lowest BCUT2D eigenvalue weighted by Gasteiger charge is -2.33. The number of nitrogens with zero attached hydrogens (tertiary/aromatic N) is 3. The number of benzene rings is 3. The van der Waals surface area contributed by atoms with Gasteiger partial charge in [0.25, 0.3) is 0 Å². The van der Waals surface area contributed by atoms with Gasteiger partial charge in [0, 0.05) is 5.92 Å². The Bertz CT molecular complexity index is 1150. The zero-order valence-electron chi connectivity index (χ0n) is 18.9. The topological polar surface area (TPSA) is 39.9 Å². The Morgan fingerprint density at radius 2 is 1.48 bits per heavy atom. The van der Waals surface area contributed by atoms with E-state index in [9.17, 15) is 5.26 Å². The number of hydrogen-bond acceptors (Lipinski definition) is 4. The Morgan fingerprint density at radius 1 is 0.879 bits per heavy atom. The first-order chi connectivity index (χ1) is 16.3. The van der Waals surface area contributed by atoms with Crippen LogP contribution < -0.4 is 0 Å². The minimum Gasteiger partial charge on any atom is -0.303 e. The van der Waals surface area contributed by atoms with Crippen LogP contribution in [0.1, 0.15) is 47.7 Å². The van der Waals surface area contributed by atoms with Crippen molar-refractivity contribution in [1.82, 2.24) is 9.88 Å². The molecule has 0 spiro atoms. The van der Waals surface area contributed by atoms with Crippen molar-refractivity contribution in [3.8, 4) is 6.07 Å². The lowest BCUT2D eigenvalue weighted by atomic mass is 9.72. The molecular weight excluding hydrogens is 422 g/mol. The van der Waals surface area contributed by atoms with Crippen LogP contribution in [-0.4, -0.2) is 29.5 Å². The van der Waals surface area contributed by atoms with E-state index < -0.39 is 5.41 Å². The van der Waals surface area contributed by atoms with Gasteiger partial charge < -0.3 is 4.90 Å². The highest BCUT2D eigenvalue weighted by Gasteiger charge is 2.34. The van der Waals surface area contributed by atoms with Crippen molar-refractivity contribution in [1.29, 1.82) is 5.26 Å². The minimum atomic E-state index is -0.595. The molecule has 0 atom stereocenters. The van der Waals surface area contributed by atoms with Crippen LogP contribution in [0.4, 0.5) is 0 Å². The first-order valence-electron chi connectivity index (χ1n) is 11.9. The lowest BCUT2D eigenvalue weighted by Crippen LogP contribution is -2.35. The van der Waals surface area contributed by atoms with E-state index in [0.29, 0.717) is 5.92 Å². The highest BCUT2D eigenvalue weighted by atomic mass is 32.1. The molecule has 5 rings (SSSR count). The van der Waals surface area contributed by atoms with E-state index in [2.05, 4.69) is 59.5 Å². The van der Waals surface area contributed by atoms with Crippen LogP contribution in [0.3, 0.4) is 0 Å². The fourth-order valence-electron chi connectivity index (χ4n) is 5.12. The molecule has 166 valence electrons. The molecule has 3 nitrogen and oxygen atoms in total. The second-order valence-corrected chi connectivity index (χ2v) is 10.1. The summed E-state index contributed by atoms with van der Waals surface area (Å²) in [6, 6.07) is 31.7. The Kier molecular flexibility index (Phi) is 6.53. The molecule has 1 aliphatic rings. The normalized spacial score (nSPS) is 15.5. The quantitative estimate of drug-likeness (QED) is 0.311. The molecule has 0 amide bonds. The van der Waals surface area contributed by atoms with Crippen molar-refractivity contribution < 1.29 is 0 Å². The van der Waals surface area contributed by atoms with Crippen LogP contribution in [0.5, 0.6) is 0 Å². The maximum atomic E-state index is 10.4. The number of fused-ring (bicyclic) bond motifs is 1. The molecule has 2 heterocycles. The largest absolute Gasteiger partial charge is 0.303 e. The second-order valence-electron chi connectivity index (χ2n) is 8.99. The first-order valence-corrected chi connectivity index (χ1v) is 12.7. The van der Waals surface area contributed by atoms with Gasteiger partial charge in [0.2, 0.25) is 0 Å². The first kappa shape index (κ1) is 21.8. The van der Waals surface area contributed by atoms with E-state index in [1.165, 1.54) is 22.5 Å². The van der Waals surface area contributed by atoms with Gasteiger partial charge >= 0.3 is 0 Å². The lowest BCUT2D eigenvalue weighted by molar-refractivity contribution is 0.206. The molecule has 0 N–H and O–H groups in total. The Balaban J connectivity index is 1.22. The van der Waals surface area contributed by atoms with E-state index in [4.69, 9.17) is 4.98 Å². The van der Waals surface area contributed by atoms with E-state index in [1.54, 1.807) is 0 Å². The molecule has 1 aromatic heterocycles. The Morgan fingerprint density at radius 3 is 2.09 bits per heavy atom. The Labute approximate surface area is 200 Å². The third-order valence-corrected chi connectivity index (χ3v) is 8.20. The van der Waals surface area contributed by atoms with Gasteiger partial charge in [0.05, 0.1) is 21.3 Å². The van der Waals surface area contributed by atoms with Gasteiger partial charge in [-0.25, -0.2) is 4.98 Å². The molecule has 0 unspecified atom stereocenters. The van der Waals surface area contributed by atoms with Crippen molar-refractivity contribution in [2.24, 2.45) is 0 Å². The summed E-state index contributed by atoms with van der Waals surface area (Å²) in [4.78, 5) is 7.47. The second kappa shape index (κ2) is 9.87. The summed E-state index contributed by atoms with van der Waals surface area (Å²) in [5.74, 6) is 0.575. The molecule has 4 heteroatoms. The molecular formula is C29H29N3S. The zero-order chi connectivity index (χ0) is 22.5. The fourth-order valence-corrected chi connectivity index (χ4v) is 6.26. The number of rotatable bonds is 7. The van der Waals surface area contributed by atoms with Crippen LogP contribution >= 0.6 is 11.3 Å². The molecule has 33 heavy (non-hydrogen) atoms.